The van der Waals surface area contributed by atoms with Gasteiger partial charge in [0.2, 0.25) is 0 Å². The Hall–Kier alpha value is -3.29. The molecule has 0 heterocycles. The zero-order valence-corrected chi connectivity index (χ0v) is 15.6. The number of carbonyl (C=O) groups excluding carboxylic acids is 1. The van der Waals surface area contributed by atoms with Gasteiger partial charge in [-0.05, 0) is 49.7 Å². The average Bonchev–Trinajstić information content (AvgIpc) is 2.64. The van der Waals surface area contributed by atoms with Crippen molar-refractivity contribution in [1.29, 1.82) is 0 Å². The lowest BCUT2D eigenvalue weighted by atomic mass is 10.2. The first kappa shape index (κ1) is 20.0. The fourth-order valence-corrected chi connectivity index (χ4v) is 2.48. The molecular formula is C19H22N4O4. The third-order valence-corrected chi connectivity index (χ3v) is 3.93. The summed E-state index contributed by atoms with van der Waals surface area (Å²) in [5, 5.41) is 19.1. The third-order valence-electron chi connectivity index (χ3n) is 3.93. The van der Waals surface area contributed by atoms with Crippen LogP contribution in [-0.2, 0) is 9.53 Å². The molecule has 0 radical (unpaired) electrons. The molecule has 8 heteroatoms. The number of likely N-dealkylation sites (N-methyl/N-ethyl adjacent to an activating group) is 1. The lowest BCUT2D eigenvalue weighted by Gasteiger charge is -2.22. The minimum atomic E-state index is -0.437. The van der Waals surface area contributed by atoms with Gasteiger partial charge in [-0.15, -0.1) is 0 Å². The van der Waals surface area contributed by atoms with Crippen LogP contribution in [0, 0.1) is 17.0 Å². The number of hydrogen-bond donors (Lipinski definition) is 0. The Balaban J connectivity index is 2.05. The fourth-order valence-electron chi connectivity index (χ4n) is 2.48. The minimum absolute atomic E-state index is 0.0317. The molecule has 27 heavy (non-hydrogen) atoms. The largest absolute Gasteiger partial charge is 0.464 e. The number of esters is 1. The lowest BCUT2D eigenvalue weighted by Crippen LogP contribution is -2.27. The summed E-state index contributed by atoms with van der Waals surface area (Å²) in [7, 11) is 0. The van der Waals surface area contributed by atoms with Crippen molar-refractivity contribution >= 4 is 28.7 Å². The number of anilines is 1. The number of nitro benzene ring substituents is 1. The van der Waals surface area contributed by atoms with Gasteiger partial charge >= 0.3 is 5.97 Å². The second-order valence-electron chi connectivity index (χ2n) is 5.86. The molecule has 0 bridgehead atoms. The number of non-ortho nitro benzene ring substituents is 1. The molecule has 0 N–H and O–H groups in total. The van der Waals surface area contributed by atoms with Crippen LogP contribution in [0.2, 0.25) is 0 Å². The number of nitrogens with zero attached hydrogens (tertiary/aromatic N) is 4. The van der Waals surface area contributed by atoms with Gasteiger partial charge in [-0.3, -0.25) is 14.9 Å². The van der Waals surface area contributed by atoms with E-state index in [2.05, 4.69) is 15.1 Å². The van der Waals surface area contributed by atoms with Crippen LogP contribution in [0.25, 0.3) is 0 Å². The van der Waals surface area contributed by atoms with Gasteiger partial charge in [0.1, 0.15) is 6.61 Å². The van der Waals surface area contributed by atoms with Crippen molar-refractivity contribution in [3.63, 3.8) is 0 Å². The molecule has 0 aromatic heterocycles. The highest BCUT2D eigenvalue weighted by atomic mass is 16.6. The Labute approximate surface area is 157 Å². The van der Waals surface area contributed by atoms with E-state index in [0.29, 0.717) is 30.1 Å². The van der Waals surface area contributed by atoms with Gasteiger partial charge in [0.25, 0.3) is 5.69 Å². The van der Waals surface area contributed by atoms with Crippen LogP contribution in [0.4, 0.5) is 22.7 Å². The average molecular weight is 370 g/mol. The summed E-state index contributed by atoms with van der Waals surface area (Å²) in [6.45, 7) is 6.90. The number of benzene rings is 2. The molecule has 0 spiro atoms. The Morgan fingerprint density at radius 2 is 1.89 bits per heavy atom. The number of aryl methyl sites for hydroxylation is 1. The summed E-state index contributed by atoms with van der Waals surface area (Å²) in [4.78, 5) is 23.3. The van der Waals surface area contributed by atoms with Crippen LogP contribution in [-0.4, -0.2) is 30.6 Å². The number of carbonyl (C=O) groups is 1. The highest BCUT2D eigenvalue weighted by molar-refractivity contribution is 5.66. The van der Waals surface area contributed by atoms with Crippen LogP contribution in [0.15, 0.2) is 52.7 Å². The molecule has 0 atom stereocenters. The first-order valence-corrected chi connectivity index (χ1v) is 8.56. The highest BCUT2D eigenvalue weighted by Crippen LogP contribution is 2.26. The smallest absolute Gasteiger partial charge is 0.302 e. The highest BCUT2D eigenvalue weighted by Gasteiger charge is 2.08. The Kier molecular flexibility index (Phi) is 6.99. The maximum Gasteiger partial charge on any atom is 0.302 e. The van der Waals surface area contributed by atoms with Gasteiger partial charge in [-0.25, -0.2) is 0 Å². The quantitative estimate of drug-likeness (QED) is 0.290. The lowest BCUT2D eigenvalue weighted by molar-refractivity contribution is -0.384. The predicted octanol–water partition coefficient (Wildman–Crippen LogP) is 4.71. The van der Waals surface area contributed by atoms with Gasteiger partial charge < -0.3 is 9.64 Å². The molecule has 0 aliphatic heterocycles. The van der Waals surface area contributed by atoms with Crippen LogP contribution in [0.5, 0.6) is 0 Å². The van der Waals surface area contributed by atoms with Crippen LogP contribution >= 0.6 is 0 Å². The molecule has 0 unspecified atom stereocenters. The number of nitro groups is 1. The molecule has 0 aliphatic carbocycles. The van der Waals surface area contributed by atoms with E-state index in [0.717, 1.165) is 12.2 Å². The molecule has 0 amide bonds. The summed E-state index contributed by atoms with van der Waals surface area (Å²) in [5.41, 5.74) is 2.97. The van der Waals surface area contributed by atoms with E-state index in [1.54, 1.807) is 13.0 Å². The topological polar surface area (TPSA) is 97.4 Å². The summed E-state index contributed by atoms with van der Waals surface area (Å²) >= 11 is 0. The van der Waals surface area contributed by atoms with Gasteiger partial charge in [0, 0.05) is 31.3 Å². The molecule has 8 nitrogen and oxygen atoms in total. The monoisotopic (exact) mass is 370 g/mol. The van der Waals surface area contributed by atoms with Gasteiger partial charge in [0.05, 0.1) is 22.8 Å². The first-order valence-electron chi connectivity index (χ1n) is 8.56. The fraction of sp³-hybridized carbons (Fsp3) is 0.316. The summed E-state index contributed by atoms with van der Waals surface area (Å²) in [6, 6.07) is 12.0. The normalized spacial score (nSPS) is 10.8. The van der Waals surface area contributed by atoms with Crippen molar-refractivity contribution < 1.29 is 14.5 Å². The van der Waals surface area contributed by atoms with E-state index < -0.39 is 4.92 Å². The molecule has 0 aliphatic rings. The maximum atomic E-state index is 10.9. The van der Waals surface area contributed by atoms with Crippen molar-refractivity contribution in [2.24, 2.45) is 10.2 Å². The molecule has 2 aromatic rings. The number of ether oxygens (including phenoxy) is 1. The van der Waals surface area contributed by atoms with Crippen LogP contribution in [0.3, 0.4) is 0 Å². The number of rotatable bonds is 8. The molecule has 2 aromatic carbocycles. The maximum absolute atomic E-state index is 10.9. The number of hydrogen-bond acceptors (Lipinski definition) is 7. The van der Waals surface area contributed by atoms with Crippen molar-refractivity contribution in [2.45, 2.75) is 20.8 Å². The standard InChI is InChI=1S/C19H22N4O4/c1-4-22(11-12-27-15(3)24)17-7-5-16(6-8-17)20-21-19-10-9-18(23(25)26)13-14(19)2/h5-10,13H,4,11-12H2,1-3H3. The Morgan fingerprint density at radius 1 is 1.19 bits per heavy atom. The van der Waals surface area contributed by atoms with Gasteiger partial charge in [-0.1, -0.05) is 0 Å². The van der Waals surface area contributed by atoms with E-state index in [9.17, 15) is 14.9 Å². The van der Waals surface area contributed by atoms with E-state index in [4.69, 9.17) is 4.74 Å². The van der Waals surface area contributed by atoms with Crippen molar-refractivity contribution in [1.82, 2.24) is 0 Å². The van der Waals surface area contributed by atoms with E-state index >= 15 is 0 Å². The SMILES string of the molecule is CCN(CCOC(C)=O)c1ccc(N=Nc2ccc([N+](=O)[O-])cc2C)cc1. The zero-order valence-electron chi connectivity index (χ0n) is 15.6. The molecule has 0 saturated carbocycles. The van der Waals surface area contributed by atoms with E-state index in [1.807, 2.05) is 31.2 Å². The summed E-state index contributed by atoms with van der Waals surface area (Å²) < 4.78 is 4.99. The van der Waals surface area contributed by atoms with Crippen molar-refractivity contribution in [3.8, 4) is 0 Å². The third kappa shape index (κ3) is 5.88. The first-order chi connectivity index (χ1) is 12.9. The van der Waals surface area contributed by atoms with Gasteiger partial charge in [0.15, 0.2) is 0 Å². The Bertz CT molecular complexity index is 834. The van der Waals surface area contributed by atoms with Gasteiger partial charge in [-0.2, -0.15) is 10.2 Å². The van der Waals surface area contributed by atoms with E-state index in [1.165, 1.54) is 19.1 Å². The summed E-state index contributed by atoms with van der Waals surface area (Å²) in [5.74, 6) is -0.289. The minimum Gasteiger partial charge on any atom is -0.464 e. The zero-order chi connectivity index (χ0) is 19.8. The van der Waals surface area contributed by atoms with Crippen molar-refractivity contribution in [2.75, 3.05) is 24.6 Å². The molecule has 142 valence electrons. The summed E-state index contributed by atoms with van der Waals surface area (Å²) in [6.07, 6.45) is 0. The molecule has 0 fully saturated rings. The molecule has 2 rings (SSSR count). The second kappa shape index (κ2) is 9.42. The van der Waals surface area contributed by atoms with Crippen LogP contribution in [0.1, 0.15) is 19.4 Å². The molecular weight excluding hydrogens is 348 g/mol. The molecule has 0 saturated heterocycles. The second-order valence-corrected chi connectivity index (χ2v) is 5.86. The predicted molar refractivity (Wildman–Crippen MR) is 103 cm³/mol. The van der Waals surface area contributed by atoms with Crippen molar-refractivity contribution in [3.05, 3.63) is 58.1 Å². The van der Waals surface area contributed by atoms with E-state index in [-0.39, 0.29) is 11.7 Å². The van der Waals surface area contributed by atoms with Crippen LogP contribution < -0.4 is 4.90 Å². The number of azo groups is 1. The Morgan fingerprint density at radius 3 is 2.44 bits per heavy atom.